The number of carboxylic acid groups (broad SMARTS) is 2. The van der Waals surface area contributed by atoms with Crippen LogP contribution in [0.4, 0.5) is 0 Å². The molecular weight excluding hydrogens is 532 g/mol. The van der Waals surface area contributed by atoms with Gasteiger partial charge in [-0.15, -0.1) is 0 Å². The Hall–Kier alpha value is -5.24. The molecule has 4 aromatic heterocycles. The summed E-state index contributed by atoms with van der Waals surface area (Å²) < 4.78 is 11.5. The van der Waals surface area contributed by atoms with Crippen molar-refractivity contribution in [2.45, 2.75) is 36.5 Å². The molecule has 6 aromatic rings. The van der Waals surface area contributed by atoms with E-state index in [0.717, 1.165) is 35.1 Å². The van der Waals surface area contributed by atoms with Crippen molar-refractivity contribution >= 4 is 34.1 Å². The molecule has 0 amide bonds. The van der Waals surface area contributed by atoms with E-state index in [9.17, 15) is 9.59 Å². The highest BCUT2D eigenvalue weighted by Gasteiger charge is 2.42. The number of hydrogen-bond donors (Lipinski definition) is 2. The number of aromatic nitrogens is 2. The van der Waals surface area contributed by atoms with Gasteiger partial charge in [0.2, 0.25) is 11.4 Å². The van der Waals surface area contributed by atoms with Crippen molar-refractivity contribution in [1.29, 1.82) is 0 Å². The van der Waals surface area contributed by atoms with E-state index in [0.29, 0.717) is 35.1 Å². The van der Waals surface area contributed by atoms with Crippen LogP contribution in [0.1, 0.15) is 80.1 Å². The Balaban J connectivity index is 0.000000137. The monoisotopic (exact) mass is 558 g/mol. The molecule has 0 bridgehead atoms. The van der Waals surface area contributed by atoms with Crippen LogP contribution < -0.4 is 0 Å². The summed E-state index contributed by atoms with van der Waals surface area (Å²) in [5.41, 5.74) is 3.48. The fourth-order valence-corrected chi connectivity index (χ4v) is 5.63. The number of nitrogens with zero attached hydrogens (tertiary/aromatic N) is 2. The van der Waals surface area contributed by atoms with Crippen LogP contribution in [0.2, 0.25) is 0 Å². The highest BCUT2D eigenvalue weighted by molar-refractivity contribution is 5.89. The molecule has 0 radical (unpaired) electrons. The predicted octanol–water partition coefficient (Wildman–Crippen LogP) is 7.59. The van der Waals surface area contributed by atoms with Crippen molar-refractivity contribution in [3.63, 3.8) is 0 Å². The molecule has 0 unspecified atom stereocenters. The minimum absolute atomic E-state index is 0.0128. The number of carbonyl (C=O) groups is 2. The Morgan fingerprint density at radius 1 is 0.571 bits per heavy atom. The van der Waals surface area contributed by atoms with E-state index in [-0.39, 0.29) is 11.4 Å². The number of rotatable bonds is 6. The highest BCUT2D eigenvalue weighted by Crippen LogP contribution is 2.56. The SMILES string of the molecule is O=C(O)c1ccc2cc([C@@H]3C[C@H]3c3ccccc3)oc2n1.O=C(O)c1ccc2cc([C@H]3C[C@@H]3c3ccccc3)oc2n1. The lowest BCUT2D eigenvalue weighted by molar-refractivity contribution is 0.0680. The maximum atomic E-state index is 10.9. The van der Waals surface area contributed by atoms with Crippen LogP contribution in [-0.4, -0.2) is 32.1 Å². The zero-order valence-electron chi connectivity index (χ0n) is 22.4. The summed E-state index contributed by atoms with van der Waals surface area (Å²) in [5.74, 6) is 1.44. The third-order valence-corrected chi connectivity index (χ3v) is 8.01. The Kier molecular flexibility index (Phi) is 6.31. The van der Waals surface area contributed by atoms with Crippen LogP contribution in [-0.2, 0) is 0 Å². The van der Waals surface area contributed by atoms with Gasteiger partial charge in [0, 0.05) is 22.6 Å². The second-order valence-corrected chi connectivity index (χ2v) is 10.8. The fraction of sp³-hybridized carbons (Fsp3) is 0.176. The number of carboxylic acids is 2. The summed E-state index contributed by atoms with van der Waals surface area (Å²) in [4.78, 5) is 29.9. The average molecular weight is 559 g/mol. The normalized spacial score (nSPS) is 20.6. The summed E-state index contributed by atoms with van der Waals surface area (Å²) in [6, 6.07) is 31.2. The number of aromatic carboxylic acids is 2. The second-order valence-electron chi connectivity index (χ2n) is 10.8. The van der Waals surface area contributed by atoms with E-state index >= 15 is 0 Å². The average Bonchev–Trinajstić information content (AvgIpc) is 3.91. The predicted molar refractivity (Wildman–Crippen MR) is 155 cm³/mol. The number of fused-ring (bicyclic) bond motifs is 2. The molecule has 0 aliphatic heterocycles. The third-order valence-electron chi connectivity index (χ3n) is 8.01. The number of benzene rings is 2. The molecule has 2 N–H and O–H groups in total. The first-order valence-corrected chi connectivity index (χ1v) is 13.8. The van der Waals surface area contributed by atoms with E-state index in [2.05, 4.69) is 34.2 Å². The van der Waals surface area contributed by atoms with Crippen LogP contribution in [0.5, 0.6) is 0 Å². The van der Waals surface area contributed by atoms with Gasteiger partial charge < -0.3 is 19.0 Å². The summed E-state index contributed by atoms with van der Waals surface area (Å²) >= 11 is 0. The van der Waals surface area contributed by atoms with Gasteiger partial charge >= 0.3 is 11.9 Å². The first-order chi connectivity index (χ1) is 20.4. The molecule has 2 aliphatic carbocycles. The summed E-state index contributed by atoms with van der Waals surface area (Å²) in [7, 11) is 0. The van der Waals surface area contributed by atoms with Gasteiger partial charge in [0.25, 0.3) is 0 Å². The number of pyridine rings is 2. The van der Waals surface area contributed by atoms with Gasteiger partial charge in [-0.25, -0.2) is 19.6 Å². The Morgan fingerprint density at radius 2 is 0.976 bits per heavy atom. The second kappa shape index (κ2) is 10.3. The zero-order valence-corrected chi connectivity index (χ0v) is 22.4. The lowest BCUT2D eigenvalue weighted by Crippen LogP contribution is -1.98. The first-order valence-electron chi connectivity index (χ1n) is 13.8. The minimum Gasteiger partial charge on any atom is -0.477 e. The van der Waals surface area contributed by atoms with E-state index in [1.165, 1.54) is 23.3 Å². The van der Waals surface area contributed by atoms with Crippen molar-refractivity contribution in [2.75, 3.05) is 0 Å². The van der Waals surface area contributed by atoms with E-state index in [4.69, 9.17) is 19.0 Å². The van der Waals surface area contributed by atoms with Crippen molar-refractivity contribution in [3.05, 3.63) is 131 Å². The van der Waals surface area contributed by atoms with Gasteiger partial charge in [0.05, 0.1) is 0 Å². The first kappa shape index (κ1) is 25.7. The molecule has 2 aliphatic rings. The maximum Gasteiger partial charge on any atom is 0.354 e. The summed E-state index contributed by atoms with van der Waals surface area (Å²) in [5, 5.41) is 19.6. The van der Waals surface area contributed by atoms with Gasteiger partial charge in [-0.3, -0.25) is 0 Å². The summed E-state index contributed by atoms with van der Waals surface area (Å²) in [6.45, 7) is 0. The summed E-state index contributed by atoms with van der Waals surface area (Å²) in [6.07, 6.45) is 2.13. The van der Waals surface area contributed by atoms with Gasteiger partial charge in [-0.2, -0.15) is 0 Å². The van der Waals surface area contributed by atoms with E-state index in [1.54, 1.807) is 12.1 Å². The van der Waals surface area contributed by atoms with Crippen molar-refractivity contribution < 1.29 is 28.6 Å². The van der Waals surface area contributed by atoms with Crippen LogP contribution >= 0.6 is 0 Å². The molecule has 4 heterocycles. The largest absolute Gasteiger partial charge is 0.477 e. The Bertz CT molecular complexity index is 1790. The highest BCUT2D eigenvalue weighted by atomic mass is 16.4. The topological polar surface area (TPSA) is 127 Å². The Labute approximate surface area is 240 Å². The van der Waals surface area contributed by atoms with Crippen LogP contribution in [0.15, 0.2) is 106 Å². The smallest absolute Gasteiger partial charge is 0.354 e. The molecule has 4 atom stereocenters. The standard InChI is InChI=1S/2C17H13NO3/c2*19-17(20)14-7-6-11-8-15(21-16(11)18-14)13-9-12(13)10-4-2-1-3-5-10/h2*1-8,12-13H,9H2,(H,19,20)/t2*12-,13+/m10/s1. The zero-order chi connectivity index (χ0) is 28.8. The van der Waals surface area contributed by atoms with Crippen LogP contribution in [0.25, 0.3) is 22.2 Å². The van der Waals surface area contributed by atoms with Gasteiger partial charge in [-0.1, -0.05) is 60.7 Å². The van der Waals surface area contributed by atoms with Crippen molar-refractivity contribution in [3.8, 4) is 0 Å². The van der Waals surface area contributed by atoms with Gasteiger partial charge in [0.1, 0.15) is 11.5 Å². The molecule has 0 spiro atoms. The lowest BCUT2D eigenvalue weighted by atomic mass is 10.1. The molecule has 8 nitrogen and oxygen atoms in total. The van der Waals surface area contributed by atoms with Crippen LogP contribution in [0, 0.1) is 0 Å². The molecule has 208 valence electrons. The van der Waals surface area contributed by atoms with Gasteiger partial charge in [0.15, 0.2) is 11.4 Å². The van der Waals surface area contributed by atoms with E-state index < -0.39 is 11.9 Å². The number of hydrogen-bond acceptors (Lipinski definition) is 6. The molecule has 8 heteroatoms. The molecular formula is C34H26N2O6. The van der Waals surface area contributed by atoms with Crippen LogP contribution in [0.3, 0.4) is 0 Å². The quantitative estimate of drug-likeness (QED) is 0.214. The lowest BCUT2D eigenvalue weighted by Gasteiger charge is -1.97. The van der Waals surface area contributed by atoms with Gasteiger partial charge in [-0.05, 0) is 72.2 Å². The fourth-order valence-electron chi connectivity index (χ4n) is 5.63. The molecule has 2 saturated carbocycles. The third kappa shape index (κ3) is 5.03. The Morgan fingerprint density at radius 3 is 1.36 bits per heavy atom. The molecule has 42 heavy (non-hydrogen) atoms. The van der Waals surface area contributed by atoms with E-state index in [1.807, 2.05) is 48.5 Å². The molecule has 2 fully saturated rings. The minimum atomic E-state index is -1.04. The maximum absolute atomic E-state index is 10.9. The van der Waals surface area contributed by atoms with Crippen molar-refractivity contribution in [1.82, 2.24) is 9.97 Å². The molecule has 0 saturated heterocycles. The molecule has 8 rings (SSSR count). The molecule has 2 aromatic carbocycles. The number of furan rings is 2. The van der Waals surface area contributed by atoms with Crippen molar-refractivity contribution in [2.24, 2.45) is 0 Å².